The van der Waals surface area contributed by atoms with Crippen LogP contribution in [0.25, 0.3) is 32.0 Å². The van der Waals surface area contributed by atoms with Gasteiger partial charge >= 0.3 is 0 Å². The summed E-state index contributed by atoms with van der Waals surface area (Å²) in [5.41, 5.74) is 9.51. The fourth-order valence-electron chi connectivity index (χ4n) is 7.32. The SMILES string of the molecule is CCCCC(CC)CN1C(=O)/C(=C2/C(=O)N(CC(CC)CCCC)c3cc(-c4cc(C)cs4)ccc32)c2ccc(-c3cc(C)cs3)cc21. The molecule has 0 saturated carbocycles. The molecular formula is C42H50N2O2S2. The van der Waals surface area contributed by atoms with E-state index in [9.17, 15) is 9.59 Å². The van der Waals surface area contributed by atoms with Gasteiger partial charge in [0.05, 0.1) is 22.5 Å². The molecule has 2 aromatic carbocycles. The molecule has 2 aliphatic rings. The summed E-state index contributed by atoms with van der Waals surface area (Å²) < 4.78 is 0. The van der Waals surface area contributed by atoms with Gasteiger partial charge in [-0.2, -0.15) is 0 Å². The normalized spacial score (nSPS) is 17.0. The van der Waals surface area contributed by atoms with Crippen LogP contribution in [0.3, 0.4) is 0 Å². The fourth-order valence-corrected chi connectivity index (χ4v) is 9.12. The summed E-state index contributed by atoms with van der Waals surface area (Å²) in [6.45, 7) is 14.5. The summed E-state index contributed by atoms with van der Waals surface area (Å²) >= 11 is 3.47. The van der Waals surface area contributed by atoms with Crippen molar-refractivity contribution >= 4 is 57.0 Å². The largest absolute Gasteiger partial charge is 0.307 e. The van der Waals surface area contributed by atoms with Crippen molar-refractivity contribution in [1.29, 1.82) is 0 Å². The highest BCUT2D eigenvalue weighted by Gasteiger charge is 2.43. The predicted molar refractivity (Wildman–Crippen MR) is 207 cm³/mol. The van der Waals surface area contributed by atoms with E-state index in [1.165, 1.54) is 20.9 Å². The van der Waals surface area contributed by atoms with Gasteiger partial charge in [0, 0.05) is 34.0 Å². The Bertz CT molecular complexity index is 1700. The smallest absolute Gasteiger partial charge is 0.259 e. The molecule has 0 saturated heterocycles. The van der Waals surface area contributed by atoms with Crippen LogP contribution in [0.4, 0.5) is 11.4 Å². The maximum Gasteiger partial charge on any atom is 0.259 e. The lowest BCUT2D eigenvalue weighted by Gasteiger charge is -2.24. The third-order valence-electron chi connectivity index (χ3n) is 10.3. The molecule has 48 heavy (non-hydrogen) atoms. The van der Waals surface area contributed by atoms with Gasteiger partial charge < -0.3 is 9.80 Å². The lowest BCUT2D eigenvalue weighted by atomic mass is 9.95. The molecule has 2 atom stereocenters. The first-order valence-corrected chi connectivity index (χ1v) is 19.8. The van der Waals surface area contributed by atoms with Crippen molar-refractivity contribution < 1.29 is 9.59 Å². The number of amides is 2. The lowest BCUT2D eigenvalue weighted by Crippen LogP contribution is -2.34. The zero-order valence-electron chi connectivity index (χ0n) is 29.5. The zero-order valence-corrected chi connectivity index (χ0v) is 31.2. The van der Waals surface area contributed by atoms with Crippen molar-refractivity contribution in [1.82, 2.24) is 0 Å². The van der Waals surface area contributed by atoms with Crippen LogP contribution in [0.15, 0.2) is 59.3 Å². The van der Waals surface area contributed by atoms with E-state index in [4.69, 9.17) is 0 Å². The fraction of sp³-hybridized carbons (Fsp3) is 0.429. The summed E-state index contributed by atoms with van der Waals surface area (Å²) in [5, 5.41) is 4.35. The molecule has 0 radical (unpaired) electrons. The third-order valence-corrected chi connectivity index (χ3v) is 12.5. The number of thiophene rings is 2. The minimum Gasteiger partial charge on any atom is -0.307 e. The Balaban J connectivity index is 1.51. The van der Waals surface area contributed by atoms with Crippen LogP contribution < -0.4 is 9.80 Å². The molecule has 2 unspecified atom stereocenters. The number of anilines is 2. The highest BCUT2D eigenvalue weighted by Crippen LogP contribution is 2.49. The summed E-state index contributed by atoms with van der Waals surface area (Å²) in [6, 6.07) is 17.3. The quantitative estimate of drug-likeness (QED) is 0.125. The Hall–Kier alpha value is -3.48. The van der Waals surface area contributed by atoms with E-state index in [2.05, 4.69) is 101 Å². The Morgan fingerprint density at radius 1 is 0.604 bits per heavy atom. The molecule has 6 rings (SSSR count). The van der Waals surface area contributed by atoms with Gasteiger partial charge in [-0.15, -0.1) is 22.7 Å². The number of nitrogens with zero attached hydrogens (tertiary/aromatic N) is 2. The van der Waals surface area contributed by atoms with Gasteiger partial charge in [-0.25, -0.2) is 0 Å². The number of unbranched alkanes of at least 4 members (excludes halogenated alkanes) is 2. The van der Waals surface area contributed by atoms with Crippen LogP contribution in [-0.2, 0) is 9.59 Å². The average molecular weight is 679 g/mol. The molecule has 4 nitrogen and oxygen atoms in total. The molecule has 0 fully saturated rings. The highest BCUT2D eigenvalue weighted by molar-refractivity contribution is 7.14. The number of aryl methyl sites for hydroxylation is 2. The van der Waals surface area contributed by atoms with Gasteiger partial charge in [-0.1, -0.05) is 90.5 Å². The van der Waals surface area contributed by atoms with E-state index in [1.54, 1.807) is 22.7 Å². The second-order valence-corrected chi connectivity index (χ2v) is 15.7. The highest BCUT2D eigenvalue weighted by atomic mass is 32.1. The van der Waals surface area contributed by atoms with Crippen LogP contribution in [0.2, 0.25) is 0 Å². The van der Waals surface area contributed by atoms with E-state index >= 15 is 0 Å². The summed E-state index contributed by atoms with van der Waals surface area (Å²) in [7, 11) is 0. The average Bonchev–Trinajstić information content (AvgIpc) is 3.85. The van der Waals surface area contributed by atoms with Crippen molar-refractivity contribution in [2.45, 2.75) is 92.9 Å². The predicted octanol–water partition coefficient (Wildman–Crippen LogP) is 11.8. The number of fused-ring (bicyclic) bond motifs is 2. The first kappa shape index (κ1) is 34.4. The first-order valence-electron chi connectivity index (χ1n) is 18.1. The second-order valence-electron chi connectivity index (χ2n) is 13.9. The number of rotatable bonds is 14. The molecule has 0 aliphatic carbocycles. The van der Waals surface area contributed by atoms with Crippen molar-refractivity contribution in [3.8, 4) is 20.9 Å². The summed E-state index contributed by atoms with van der Waals surface area (Å²) in [4.78, 5) is 36.0. The van der Waals surface area contributed by atoms with Gasteiger partial charge in [-0.3, -0.25) is 9.59 Å². The monoisotopic (exact) mass is 678 g/mol. The topological polar surface area (TPSA) is 40.6 Å². The van der Waals surface area contributed by atoms with E-state index in [0.29, 0.717) is 36.1 Å². The van der Waals surface area contributed by atoms with E-state index in [-0.39, 0.29) is 11.8 Å². The number of carbonyl (C=O) groups is 2. The number of carbonyl (C=O) groups excluding carboxylic acids is 2. The Kier molecular flexibility index (Phi) is 10.7. The number of benzene rings is 2. The van der Waals surface area contributed by atoms with Crippen molar-refractivity contribution in [3.63, 3.8) is 0 Å². The van der Waals surface area contributed by atoms with Gasteiger partial charge in [-0.05, 0) is 95.8 Å². The molecule has 6 heteroatoms. The molecule has 0 bridgehead atoms. The molecule has 4 aromatic rings. The lowest BCUT2D eigenvalue weighted by molar-refractivity contribution is -0.114. The van der Waals surface area contributed by atoms with Crippen LogP contribution in [0.5, 0.6) is 0 Å². The van der Waals surface area contributed by atoms with Crippen molar-refractivity contribution in [2.24, 2.45) is 11.8 Å². The molecule has 2 aliphatic heterocycles. The molecule has 252 valence electrons. The van der Waals surface area contributed by atoms with E-state index < -0.39 is 0 Å². The van der Waals surface area contributed by atoms with Gasteiger partial charge in [0.2, 0.25) is 0 Å². The Morgan fingerprint density at radius 2 is 1.02 bits per heavy atom. The van der Waals surface area contributed by atoms with Crippen LogP contribution >= 0.6 is 22.7 Å². The van der Waals surface area contributed by atoms with Crippen LogP contribution in [0.1, 0.15) is 101 Å². The Labute approximate surface area is 295 Å². The maximum absolute atomic E-state index is 14.8. The van der Waals surface area contributed by atoms with Crippen LogP contribution in [-0.4, -0.2) is 24.9 Å². The molecule has 2 amide bonds. The molecule has 0 N–H and O–H groups in total. The Morgan fingerprint density at radius 3 is 1.35 bits per heavy atom. The standard InChI is InChI=1S/C42H50N2O2S2/c1-7-11-13-29(9-3)23-43-35-21-31(37-19-27(5)25-47-37)15-17-33(35)39(41(43)45)40-34-18-16-32(38-20-28(6)26-48-38)22-36(34)44(42(40)46)24-30(10-4)14-12-8-2/h15-22,25-26,29-30H,7-14,23-24H2,1-6H3/b40-39+. The van der Waals surface area contributed by atoms with Crippen molar-refractivity contribution in [3.05, 3.63) is 81.5 Å². The van der Waals surface area contributed by atoms with Crippen LogP contribution in [0, 0.1) is 25.7 Å². The number of hydrogen-bond acceptors (Lipinski definition) is 4. The van der Waals surface area contributed by atoms with E-state index in [0.717, 1.165) is 85.0 Å². The maximum atomic E-state index is 14.8. The van der Waals surface area contributed by atoms with E-state index in [1.807, 2.05) is 9.80 Å². The minimum absolute atomic E-state index is 0.0356. The summed E-state index contributed by atoms with van der Waals surface area (Å²) in [6.07, 6.45) is 8.82. The van der Waals surface area contributed by atoms with Crippen molar-refractivity contribution in [2.75, 3.05) is 22.9 Å². The summed E-state index contributed by atoms with van der Waals surface area (Å²) in [5.74, 6) is 0.739. The molecular weight excluding hydrogens is 629 g/mol. The first-order chi connectivity index (χ1) is 23.3. The zero-order chi connectivity index (χ0) is 33.9. The molecule has 2 aromatic heterocycles. The molecule has 0 spiro atoms. The third kappa shape index (κ3) is 6.71. The second kappa shape index (κ2) is 15.0. The van der Waals surface area contributed by atoms with Gasteiger partial charge in [0.1, 0.15) is 0 Å². The van der Waals surface area contributed by atoms with Gasteiger partial charge in [0.15, 0.2) is 0 Å². The molecule has 4 heterocycles. The minimum atomic E-state index is -0.0356. The number of hydrogen-bond donors (Lipinski definition) is 0. The van der Waals surface area contributed by atoms with Gasteiger partial charge in [0.25, 0.3) is 11.8 Å².